The minimum absolute atomic E-state index is 0.0486. The Hall–Kier alpha value is -1.94. The van der Waals surface area contributed by atoms with E-state index < -0.39 is 0 Å². The van der Waals surface area contributed by atoms with Gasteiger partial charge in [-0.3, -0.25) is 14.5 Å². The number of thiophene rings is 1. The molecule has 0 aliphatic carbocycles. The number of hydrogen-bond acceptors (Lipinski definition) is 3. The summed E-state index contributed by atoms with van der Waals surface area (Å²) in [5, 5.41) is 2.03. The predicted octanol–water partition coefficient (Wildman–Crippen LogP) is 3.03. The van der Waals surface area contributed by atoms with Crippen molar-refractivity contribution in [1.82, 2.24) is 4.90 Å². The Morgan fingerprint density at radius 2 is 1.70 bits per heavy atom. The van der Waals surface area contributed by atoms with Gasteiger partial charge in [-0.25, -0.2) is 0 Å². The topological polar surface area (TPSA) is 37.4 Å². The number of carbonyl (C=O) groups excluding carboxylic acids is 2. The second-order valence-corrected chi connectivity index (χ2v) is 5.86. The molecular formula is C16H15NO2S. The van der Waals surface area contributed by atoms with Gasteiger partial charge in [0.2, 0.25) is 11.8 Å². The molecule has 1 fully saturated rings. The Morgan fingerprint density at radius 1 is 1.00 bits per heavy atom. The number of hydrogen-bond donors (Lipinski definition) is 0. The monoisotopic (exact) mass is 285 g/mol. The van der Waals surface area contributed by atoms with Crippen molar-refractivity contribution in [2.24, 2.45) is 0 Å². The lowest BCUT2D eigenvalue weighted by atomic mass is 9.97. The highest BCUT2D eigenvalue weighted by Crippen LogP contribution is 2.30. The molecule has 2 amide bonds. The van der Waals surface area contributed by atoms with E-state index in [1.165, 1.54) is 9.78 Å². The average molecular weight is 285 g/mol. The van der Waals surface area contributed by atoms with E-state index in [2.05, 4.69) is 18.2 Å². The van der Waals surface area contributed by atoms with Gasteiger partial charge in [-0.05, 0) is 17.0 Å². The molecule has 0 spiro atoms. The lowest BCUT2D eigenvalue weighted by molar-refractivity contribution is -0.138. The van der Waals surface area contributed by atoms with Crippen LogP contribution in [0.15, 0.2) is 47.8 Å². The zero-order valence-corrected chi connectivity index (χ0v) is 11.8. The number of benzene rings is 1. The van der Waals surface area contributed by atoms with Crippen LogP contribution in [0.4, 0.5) is 0 Å². The molecule has 1 atom stereocenters. The van der Waals surface area contributed by atoms with Crippen molar-refractivity contribution in [2.45, 2.75) is 18.8 Å². The van der Waals surface area contributed by atoms with Crippen LogP contribution in [0.2, 0.25) is 0 Å². The number of nitrogens with zero attached hydrogens (tertiary/aromatic N) is 1. The number of likely N-dealkylation sites (tertiary alicyclic amines) is 1. The molecule has 0 saturated carbocycles. The molecular weight excluding hydrogens is 270 g/mol. The Morgan fingerprint density at radius 3 is 2.30 bits per heavy atom. The fourth-order valence-electron chi connectivity index (χ4n) is 2.54. The maximum atomic E-state index is 11.8. The van der Waals surface area contributed by atoms with Crippen molar-refractivity contribution in [3.8, 4) is 0 Å². The van der Waals surface area contributed by atoms with Gasteiger partial charge >= 0.3 is 0 Å². The fourth-order valence-corrected chi connectivity index (χ4v) is 3.39. The van der Waals surface area contributed by atoms with E-state index in [4.69, 9.17) is 0 Å². The lowest BCUT2D eigenvalue weighted by Crippen LogP contribution is -2.33. The molecule has 0 bridgehead atoms. The molecule has 4 heteroatoms. The summed E-state index contributed by atoms with van der Waals surface area (Å²) in [4.78, 5) is 26.3. The van der Waals surface area contributed by atoms with E-state index in [0.29, 0.717) is 19.4 Å². The SMILES string of the molecule is O=C1CCC(=O)N1CC(c1ccccc1)c1cccs1. The van der Waals surface area contributed by atoms with Crippen LogP contribution >= 0.6 is 11.3 Å². The lowest BCUT2D eigenvalue weighted by Gasteiger charge is -2.22. The summed E-state index contributed by atoms with van der Waals surface area (Å²) in [6.07, 6.45) is 0.704. The summed E-state index contributed by atoms with van der Waals surface area (Å²) >= 11 is 1.66. The molecule has 1 aromatic heterocycles. The minimum Gasteiger partial charge on any atom is -0.282 e. The summed E-state index contributed by atoms with van der Waals surface area (Å²) in [7, 11) is 0. The Bertz CT molecular complexity index is 591. The molecule has 1 aliphatic rings. The molecule has 1 aliphatic heterocycles. The molecule has 1 saturated heterocycles. The van der Waals surface area contributed by atoms with Crippen molar-refractivity contribution in [2.75, 3.05) is 6.54 Å². The smallest absolute Gasteiger partial charge is 0.229 e. The van der Waals surface area contributed by atoms with E-state index in [1.807, 2.05) is 29.6 Å². The van der Waals surface area contributed by atoms with Crippen LogP contribution in [-0.4, -0.2) is 23.3 Å². The van der Waals surface area contributed by atoms with Crippen molar-refractivity contribution in [3.05, 3.63) is 58.3 Å². The van der Waals surface area contributed by atoms with Crippen molar-refractivity contribution < 1.29 is 9.59 Å². The molecule has 0 N–H and O–H groups in total. The van der Waals surface area contributed by atoms with Crippen LogP contribution in [0.1, 0.15) is 29.2 Å². The highest BCUT2D eigenvalue weighted by atomic mass is 32.1. The average Bonchev–Trinajstić information content (AvgIpc) is 3.09. The highest BCUT2D eigenvalue weighted by molar-refractivity contribution is 7.10. The maximum absolute atomic E-state index is 11.8. The predicted molar refractivity (Wildman–Crippen MR) is 78.6 cm³/mol. The quantitative estimate of drug-likeness (QED) is 0.810. The Labute approximate surface area is 121 Å². The van der Waals surface area contributed by atoms with Gasteiger partial charge < -0.3 is 0 Å². The standard InChI is InChI=1S/C16H15NO2S/c18-15-8-9-16(19)17(15)11-13(14-7-4-10-20-14)12-5-2-1-3-6-12/h1-7,10,13H,8-9,11H2. The van der Waals surface area contributed by atoms with Gasteiger partial charge in [-0.1, -0.05) is 36.4 Å². The third-order valence-corrected chi connectivity index (χ3v) is 4.59. The van der Waals surface area contributed by atoms with E-state index in [0.717, 1.165) is 5.56 Å². The molecule has 102 valence electrons. The van der Waals surface area contributed by atoms with Crippen LogP contribution in [0.5, 0.6) is 0 Å². The summed E-state index contributed by atoms with van der Waals surface area (Å²) in [6, 6.07) is 14.1. The van der Waals surface area contributed by atoms with E-state index in [1.54, 1.807) is 11.3 Å². The first-order chi connectivity index (χ1) is 9.75. The third kappa shape index (κ3) is 2.51. The fraction of sp³-hybridized carbons (Fsp3) is 0.250. The van der Waals surface area contributed by atoms with Gasteiger partial charge in [0, 0.05) is 30.2 Å². The molecule has 2 heterocycles. The van der Waals surface area contributed by atoms with Crippen LogP contribution in [0.25, 0.3) is 0 Å². The second-order valence-electron chi connectivity index (χ2n) is 4.88. The van der Waals surface area contributed by atoms with Gasteiger partial charge in [0.05, 0.1) is 0 Å². The normalized spacial score (nSPS) is 16.7. The summed E-state index contributed by atoms with van der Waals surface area (Å²) in [5.41, 5.74) is 1.14. The van der Waals surface area contributed by atoms with Crippen LogP contribution in [0, 0.1) is 0 Å². The summed E-state index contributed by atoms with van der Waals surface area (Å²) in [6.45, 7) is 0.447. The molecule has 0 radical (unpaired) electrons. The molecule has 1 unspecified atom stereocenters. The van der Waals surface area contributed by atoms with Crippen molar-refractivity contribution in [1.29, 1.82) is 0 Å². The molecule has 2 aromatic rings. The number of carbonyl (C=O) groups is 2. The first kappa shape index (κ1) is 13.1. The zero-order valence-electron chi connectivity index (χ0n) is 11.0. The van der Waals surface area contributed by atoms with Crippen LogP contribution in [-0.2, 0) is 9.59 Å². The van der Waals surface area contributed by atoms with Gasteiger partial charge in [-0.15, -0.1) is 11.3 Å². The van der Waals surface area contributed by atoms with Gasteiger partial charge in [-0.2, -0.15) is 0 Å². The second kappa shape index (κ2) is 5.59. The molecule has 20 heavy (non-hydrogen) atoms. The van der Waals surface area contributed by atoms with Gasteiger partial charge in [0.15, 0.2) is 0 Å². The summed E-state index contributed by atoms with van der Waals surface area (Å²) < 4.78 is 0. The van der Waals surface area contributed by atoms with Crippen molar-refractivity contribution in [3.63, 3.8) is 0 Å². The first-order valence-corrected chi connectivity index (χ1v) is 7.55. The summed E-state index contributed by atoms with van der Waals surface area (Å²) in [5.74, 6) is -0.0258. The van der Waals surface area contributed by atoms with Crippen LogP contribution < -0.4 is 0 Å². The third-order valence-electron chi connectivity index (χ3n) is 3.61. The molecule has 3 rings (SSSR count). The Balaban J connectivity index is 1.91. The number of rotatable bonds is 4. The zero-order chi connectivity index (χ0) is 13.9. The first-order valence-electron chi connectivity index (χ1n) is 6.67. The minimum atomic E-state index is -0.0486. The van der Waals surface area contributed by atoms with Gasteiger partial charge in [0.1, 0.15) is 0 Å². The Kier molecular flexibility index (Phi) is 3.65. The largest absolute Gasteiger partial charge is 0.282 e. The number of amides is 2. The highest BCUT2D eigenvalue weighted by Gasteiger charge is 2.31. The molecule has 3 nitrogen and oxygen atoms in total. The maximum Gasteiger partial charge on any atom is 0.229 e. The van der Waals surface area contributed by atoms with Gasteiger partial charge in [0.25, 0.3) is 0 Å². The van der Waals surface area contributed by atoms with E-state index in [9.17, 15) is 9.59 Å². The van der Waals surface area contributed by atoms with Crippen LogP contribution in [0.3, 0.4) is 0 Å². The number of imide groups is 1. The van der Waals surface area contributed by atoms with Crippen molar-refractivity contribution >= 4 is 23.2 Å². The van der Waals surface area contributed by atoms with E-state index >= 15 is 0 Å². The van der Waals surface area contributed by atoms with E-state index in [-0.39, 0.29) is 17.7 Å². The molecule has 1 aromatic carbocycles.